The topological polar surface area (TPSA) is 164 Å². The van der Waals surface area contributed by atoms with Crippen LogP contribution < -0.4 is 15.4 Å². The zero-order chi connectivity index (χ0) is 31.2. The molecule has 0 radical (unpaired) electrons. The van der Waals surface area contributed by atoms with Gasteiger partial charge < -0.3 is 25.0 Å². The van der Waals surface area contributed by atoms with Gasteiger partial charge in [0.2, 0.25) is 11.8 Å². The Balaban J connectivity index is 2.07. The Morgan fingerprint density at radius 3 is 2.40 bits per heavy atom. The second-order valence-corrected chi connectivity index (χ2v) is 10.9. The zero-order valence-electron chi connectivity index (χ0n) is 25.6. The summed E-state index contributed by atoms with van der Waals surface area (Å²) in [5.41, 5.74) is 1.15. The van der Waals surface area contributed by atoms with Crippen molar-refractivity contribution in [2.24, 2.45) is 5.92 Å². The highest BCUT2D eigenvalue weighted by Gasteiger charge is 2.30. The summed E-state index contributed by atoms with van der Waals surface area (Å²) < 4.78 is 10.6. The number of ketones is 1. The van der Waals surface area contributed by atoms with Crippen LogP contribution in [0.25, 0.3) is 11.5 Å². The Hall–Kier alpha value is -3.80. The monoisotopic (exact) mass is 587 g/mol. The first-order valence-electron chi connectivity index (χ1n) is 14.5. The molecule has 0 saturated heterocycles. The number of hydrogen-bond acceptors (Lipinski definition) is 9. The van der Waals surface area contributed by atoms with E-state index in [9.17, 15) is 24.3 Å². The van der Waals surface area contributed by atoms with Gasteiger partial charge in [-0.15, -0.1) is 0 Å². The molecule has 0 saturated carbocycles. The van der Waals surface area contributed by atoms with Gasteiger partial charge in [-0.3, -0.25) is 24.1 Å². The highest BCUT2D eigenvalue weighted by Crippen LogP contribution is 2.26. The van der Waals surface area contributed by atoms with Crippen LogP contribution in [0.4, 0.5) is 0 Å². The van der Waals surface area contributed by atoms with Gasteiger partial charge in [0.05, 0.1) is 32.5 Å². The molecule has 0 aliphatic carbocycles. The predicted octanol–water partition coefficient (Wildman–Crippen LogP) is 3.17. The highest BCUT2D eigenvalue weighted by molar-refractivity contribution is 5.95. The fraction of sp³-hybridized carbons (Fsp3) is 0.600. The third kappa shape index (κ3) is 11.2. The second kappa shape index (κ2) is 17.2. The maximum Gasteiger partial charge on any atom is 0.305 e. The first-order chi connectivity index (χ1) is 19.9. The Labute approximate surface area is 247 Å². The Bertz CT molecular complexity index is 1200. The maximum absolute atomic E-state index is 13.3. The molecule has 2 aromatic rings. The molecular weight excluding hydrogens is 542 g/mol. The summed E-state index contributed by atoms with van der Waals surface area (Å²) in [6.45, 7) is 8.07. The van der Waals surface area contributed by atoms with Crippen LogP contribution in [-0.4, -0.2) is 83.0 Å². The summed E-state index contributed by atoms with van der Waals surface area (Å²) in [4.78, 5) is 56.9. The number of ether oxygens (including phenoxy) is 1. The fourth-order valence-corrected chi connectivity index (χ4v) is 4.52. The molecule has 1 aromatic carbocycles. The van der Waals surface area contributed by atoms with Gasteiger partial charge in [-0.2, -0.15) is 4.98 Å². The van der Waals surface area contributed by atoms with E-state index >= 15 is 0 Å². The van der Waals surface area contributed by atoms with E-state index in [0.29, 0.717) is 35.1 Å². The number of aryl methyl sites for hydroxylation is 1. The molecule has 1 aromatic heterocycles. The van der Waals surface area contributed by atoms with Crippen molar-refractivity contribution < 1.29 is 33.5 Å². The first kappa shape index (κ1) is 34.4. The number of benzene rings is 1. The standard InChI is InChI=1S/C30H45N5O7/c1-7-8-9-10-11-14-35(5)18-24(36)23(17-27(38)39)32-29(40)28(19(2)3)33-26(37)16-22-15-21(12-13-25(22)41-6)30-31-20(4)34-42-30/h12-13,15,19,23,28H,7-11,14,16-18H2,1-6H3,(H,32,40)(H,33,37)(H,38,39)/t23-,28-/m0/s1. The van der Waals surface area contributed by atoms with E-state index < -0.39 is 42.1 Å². The summed E-state index contributed by atoms with van der Waals surface area (Å²) in [6.07, 6.45) is 4.78. The minimum absolute atomic E-state index is 0.0143. The lowest BCUT2D eigenvalue weighted by Crippen LogP contribution is -2.55. The van der Waals surface area contributed by atoms with Crippen molar-refractivity contribution in [3.8, 4) is 17.2 Å². The van der Waals surface area contributed by atoms with Crippen LogP contribution >= 0.6 is 0 Å². The predicted molar refractivity (Wildman–Crippen MR) is 157 cm³/mol. The number of carboxylic acids is 1. The van der Waals surface area contributed by atoms with E-state index in [-0.39, 0.29) is 18.9 Å². The molecule has 12 nitrogen and oxygen atoms in total. The van der Waals surface area contributed by atoms with Gasteiger partial charge in [0.15, 0.2) is 11.6 Å². The molecule has 2 atom stereocenters. The van der Waals surface area contributed by atoms with Crippen LogP contribution in [0, 0.1) is 12.8 Å². The number of unbranched alkanes of at least 4 members (excludes halogenated alkanes) is 4. The SMILES string of the molecule is CCCCCCCN(C)CC(=O)[C@H](CC(=O)O)NC(=O)[C@@H](NC(=O)Cc1cc(-c2nc(C)no2)ccc1OC)C(C)C. The normalized spacial score (nSPS) is 12.7. The highest BCUT2D eigenvalue weighted by atomic mass is 16.5. The van der Waals surface area contributed by atoms with Crippen molar-refractivity contribution in [3.63, 3.8) is 0 Å². The molecule has 1 heterocycles. The van der Waals surface area contributed by atoms with Crippen LogP contribution in [0.5, 0.6) is 5.75 Å². The van der Waals surface area contributed by atoms with Crippen molar-refractivity contribution in [1.29, 1.82) is 0 Å². The molecule has 0 spiro atoms. The number of aliphatic carboxylic acids is 1. The Kier molecular flexibility index (Phi) is 14.1. The largest absolute Gasteiger partial charge is 0.496 e. The van der Waals surface area contributed by atoms with E-state index in [1.807, 2.05) is 4.90 Å². The van der Waals surface area contributed by atoms with E-state index in [2.05, 4.69) is 27.7 Å². The van der Waals surface area contributed by atoms with Crippen LogP contribution in [0.2, 0.25) is 0 Å². The third-order valence-electron chi connectivity index (χ3n) is 6.82. The van der Waals surface area contributed by atoms with E-state index in [1.54, 1.807) is 46.0 Å². The average Bonchev–Trinajstić information content (AvgIpc) is 3.36. The number of rotatable bonds is 19. The fourth-order valence-electron chi connectivity index (χ4n) is 4.52. The van der Waals surface area contributed by atoms with Crippen molar-refractivity contribution >= 4 is 23.6 Å². The van der Waals surface area contributed by atoms with Crippen LogP contribution in [-0.2, 0) is 25.6 Å². The number of Topliss-reactive ketones (excluding diaryl/α,β-unsaturated/α-hetero) is 1. The number of carboxylic acid groups (broad SMARTS) is 1. The van der Waals surface area contributed by atoms with E-state index in [1.165, 1.54) is 13.5 Å². The zero-order valence-corrected chi connectivity index (χ0v) is 25.6. The molecular formula is C30H45N5O7. The van der Waals surface area contributed by atoms with Gasteiger partial charge in [-0.05, 0) is 51.1 Å². The molecule has 3 N–H and O–H groups in total. The van der Waals surface area contributed by atoms with Gasteiger partial charge in [0, 0.05) is 11.1 Å². The van der Waals surface area contributed by atoms with Crippen molar-refractivity contribution in [3.05, 3.63) is 29.6 Å². The molecule has 0 bridgehead atoms. The number of nitrogens with one attached hydrogen (secondary N) is 2. The molecule has 232 valence electrons. The summed E-state index contributed by atoms with van der Waals surface area (Å²) in [5, 5.41) is 18.5. The van der Waals surface area contributed by atoms with Gasteiger partial charge in [-0.25, -0.2) is 0 Å². The van der Waals surface area contributed by atoms with Crippen LogP contribution in [0.3, 0.4) is 0 Å². The lowest BCUT2D eigenvalue weighted by atomic mass is 10.0. The summed E-state index contributed by atoms with van der Waals surface area (Å²) in [6, 6.07) is 2.92. The number of methoxy groups -OCH3 is 1. The molecule has 0 unspecified atom stereocenters. The molecule has 0 aliphatic rings. The number of aromatic nitrogens is 2. The number of nitrogens with zero attached hydrogens (tertiary/aromatic N) is 3. The molecule has 2 amide bonds. The minimum Gasteiger partial charge on any atom is -0.496 e. The van der Waals surface area contributed by atoms with Gasteiger partial charge in [-0.1, -0.05) is 51.6 Å². The first-order valence-corrected chi connectivity index (χ1v) is 14.5. The lowest BCUT2D eigenvalue weighted by Gasteiger charge is -2.26. The third-order valence-corrected chi connectivity index (χ3v) is 6.82. The molecule has 0 fully saturated rings. The summed E-state index contributed by atoms with van der Waals surface area (Å²) >= 11 is 0. The van der Waals surface area contributed by atoms with E-state index in [0.717, 1.165) is 25.7 Å². The van der Waals surface area contributed by atoms with Crippen LogP contribution in [0.1, 0.15) is 70.7 Å². The van der Waals surface area contributed by atoms with Crippen molar-refractivity contribution in [2.45, 2.75) is 84.7 Å². The molecule has 42 heavy (non-hydrogen) atoms. The molecule has 0 aliphatic heterocycles. The Morgan fingerprint density at radius 1 is 1.10 bits per heavy atom. The lowest BCUT2D eigenvalue weighted by molar-refractivity contribution is -0.141. The number of amides is 2. The quantitative estimate of drug-likeness (QED) is 0.208. The number of carbonyl (C=O) groups excluding carboxylic acids is 3. The number of likely N-dealkylation sites (N-methyl/N-ethyl adjacent to an activating group) is 1. The van der Waals surface area contributed by atoms with Gasteiger partial charge in [0.25, 0.3) is 5.89 Å². The Morgan fingerprint density at radius 2 is 1.81 bits per heavy atom. The smallest absolute Gasteiger partial charge is 0.305 e. The number of carbonyl (C=O) groups is 4. The minimum atomic E-state index is -1.22. The average molecular weight is 588 g/mol. The van der Waals surface area contributed by atoms with Gasteiger partial charge >= 0.3 is 5.97 Å². The van der Waals surface area contributed by atoms with Crippen molar-refractivity contribution in [1.82, 2.24) is 25.7 Å². The van der Waals surface area contributed by atoms with Gasteiger partial charge in [0.1, 0.15) is 11.8 Å². The molecule has 12 heteroatoms. The second-order valence-electron chi connectivity index (χ2n) is 10.9. The maximum atomic E-state index is 13.3. The molecule has 2 rings (SSSR count). The van der Waals surface area contributed by atoms with Crippen molar-refractivity contribution in [2.75, 3.05) is 27.2 Å². The number of hydrogen-bond donors (Lipinski definition) is 3. The summed E-state index contributed by atoms with van der Waals surface area (Å²) in [5.74, 6) is -1.77. The van der Waals surface area contributed by atoms with E-state index in [4.69, 9.17) is 9.26 Å². The summed E-state index contributed by atoms with van der Waals surface area (Å²) in [7, 11) is 3.29. The van der Waals surface area contributed by atoms with Crippen LogP contribution in [0.15, 0.2) is 22.7 Å².